The summed E-state index contributed by atoms with van der Waals surface area (Å²) < 4.78 is 1.95. The number of aliphatic imine (C=N–C) groups is 1. The van der Waals surface area contributed by atoms with Gasteiger partial charge in [-0.05, 0) is 25.5 Å². The number of hydrogen-bond acceptors (Lipinski definition) is 4. The van der Waals surface area contributed by atoms with Gasteiger partial charge >= 0.3 is 5.96 Å². The summed E-state index contributed by atoms with van der Waals surface area (Å²) in [6.07, 6.45) is 0.802. The lowest BCUT2D eigenvalue weighted by atomic mass is 10.2. The lowest BCUT2D eigenvalue weighted by molar-refractivity contribution is -0.488. The fourth-order valence-electron chi connectivity index (χ4n) is 1.89. The molecule has 5 N–H and O–H groups in total. The molecule has 0 saturated carbocycles. The molecule has 0 spiro atoms. The number of nitrogens with two attached hydrogens (primary N) is 2. The second kappa shape index (κ2) is 5.73. The number of hydrogen-bond donors (Lipinski definition) is 3. The van der Waals surface area contributed by atoms with Crippen molar-refractivity contribution in [3.63, 3.8) is 0 Å². The Balaban J connectivity index is 0.00000162. The molecule has 0 fully saturated rings. The van der Waals surface area contributed by atoms with Gasteiger partial charge in [0.05, 0.1) is 0 Å². The predicted molar refractivity (Wildman–Crippen MR) is 69.1 cm³/mol. The van der Waals surface area contributed by atoms with Crippen molar-refractivity contribution in [2.75, 3.05) is 0 Å². The molecule has 0 aliphatic carbocycles. The van der Waals surface area contributed by atoms with Crippen LogP contribution in [0.4, 0.5) is 5.69 Å². The molecule has 1 aromatic carbocycles. The molecule has 1 aliphatic heterocycles. The second-order valence-corrected chi connectivity index (χ2v) is 4.12. The SMILES string of the molecule is CCC1N=C(N)NC(N)=[N+]1c1ccc(C)cc1.[Cl-]. The first kappa shape index (κ1) is 14.3. The summed E-state index contributed by atoms with van der Waals surface area (Å²) in [6.45, 7) is 4.11. The highest BCUT2D eigenvalue weighted by atomic mass is 35.5. The molecule has 98 valence electrons. The summed E-state index contributed by atoms with van der Waals surface area (Å²) in [5, 5.41) is 2.85. The first-order chi connectivity index (χ1) is 8.11. The highest BCUT2D eigenvalue weighted by molar-refractivity contribution is 5.96. The zero-order valence-electron chi connectivity index (χ0n) is 10.5. The van der Waals surface area contributed by atoms with Crippen LogP contribution in [0.1, 0.15) is 18.9 Å². The molecule has 1 unspecified atom stereocenters. The van der Waals surface area contributed by atoms with Crippen LogP contribution in [0.3, 0.4) is 0 Å². The monoisotopic (exact) mass is 267 g/mol. The summed E-state index contributed by atoms with van der Waals surface area (Å²) in [4.78, 5) is 4.34. The molecule has 2 rings (SSSR count). The van der Waals surface area contributed by atoms with Crippen LogP contribution >= 0.6 is 0 Å². The maximum absolute atomic E-state index is 5.98. The van der Waals surface area contributed by atoms with E-state index in [2.05, 4.69) is 36.3 Å². The third-order valence-electron chi connectivity index (χ3n) is 2.78. The van der Waals surface area contributed by atoms with Crippen molar-refractivity contribution in [1.82, 2.24) is 5.32 Å². The first-order valence-corrected chi connectivity index (χ1v) is 5.70. The average molecular weight is 268 g/mol. The zero-order valence-corrected chi connectivity index (χ0v) is 11.3. The molecule has 0 aromatic heterocycles. The fourth-order valence-corrected chi connectivity index (χ4v) is 1.89. The minimum atomic E-state index is -0.0426. The minimum absolute atomic E-state index is 0. The normalized spacial score (nSPS) is 18.8. The molecule has 5 nitrogen and oxygen atoms in total. The van der Waals surface area contributed by atoms with Gasteiger partial charge in [0, 0.05) is 0 Å². The number of rotatable bonds is 2. The van der Waals surface area contributed by atoms with Gasteiger partial charge in [0.2, 0.25) is 0 Å². The van der Waals surface area contributed by atoms with Crippen LogP contribution in [0.2, 0.25) is 0 Å². The molecule has 1 aliphatic rings. The maximum atomic E-state index is 5.98. The van der Waals surface area contributed by atoms with Crippen LogP contribution < -0.4 is 29.2 Å². The molecular weight excluding hydrogens is 250 g/mol. The lowest BCUT2D eigenvalue weighted by Gasteiger charge is -2.21. The maximum Gasteiger partial charge on any atom is 0.357 e. The van der Waals surface area contributed by atoms with Crippen molar-refractivity contribution in [1.29, 1.82) is 0 Å². The number of benzene rings is 1. The van der Waals surface area contributed by atoms with Gasteiger partial charge < -0.3 is 18.1 Å². The molecule has 0 saturated heterocycles. The third-order valence-corrected chi connectivity index (χ3v) is 2.78. The molecule has 0 amide bonds. The molecule has 18 heavy (non-hydrogen) atoms. The third kappa shape index (κ3) is 2.73. The van der Waals surface area contributed by atoms with Crippen molar-refractivity contribution in [3.8, 4) is 0 Å². The average Bonchev–Trinajstić information content (AvgIpc) is 2.30. The molecule has 6 heteroatoms. The van der Waals surface area contributed by atoms with Crippen molar-refractivity contribution in [2.45, 2.75) is 26.4 Å². The van der Waals surface area contributed by atoms with Gasteiger partial charge in [-0.15, -0.1) is 0 Å². The van der Waals surface area contributed by atoms with Crippen LogP contribution in [0, 0.1) is 6.92 Å². The Morgan fingerprint density at radius 3 is 2.44 bits per heavy atom. The Morgan fingerprint density at radius 1 is 1.28 bits per heavy atom. The molecule has 0 radical (unpaired) electrons. The van der Waals surface area contributed by atoms with Gasteiger partial charge in [-0.1, -0.05) is 24.6 Å². The molecule has 1 heterocycles. The summed E-state index contributed by atoms with van der Waals surface area (Å²) in [7, 11) is 0. The van der Waals surface area contributed by atoms with E-state index >= 15 is 0 Å². The molecule has 0 bridgehead atoms. The Labute approximate surface area is 113 Å². The molecule has 1 aromatic rings. The van der Waals surface area contributed by atoms with E-state index in [4.69, 9.17) is 11.5 Å². The number of halogens is 1. The van der Waals surface area contributed by atoms with Crippen LogP contribution in [0.5, 0.6) is 0 Å². The van der Waals surface area contributed by atoms with Gasteiger partial charge in [0.15, 0.2) is 6.17 Å². The zero-order chi connectivity index (χ0) is 12.4. The van der Waals surface area contributed by atoms with Gasteiger partial charge in [-0.3, -0.25) is 5.73 Å². The van der Waals surface area contributed by atoms with Crippen molar-refractivity contribution >= 4 is 17.6 Å². The smallest absolute Gasteiger partial charge is 0.357 e. The van der Waals surface area contributed by atoms with Crippen LogP contribution in [0.15, 0.2) is 29.3 Å². The van der Waals surface area contributed by atoms with Crippen LogP contribution in [-0.2, 0) is 0 Å². The summed E-state index contributed by atoms with van der Waals surface area (Å²) in [5.74, 6) is 0.894. The highest BCUT2D eigenvalue weighted by Crippen LogP contribution is 2.18. The number of nitrogens with one attached hydrogen (secondary N) is 1. The minimum Gasteiger partial charge on any atom is -1.00 e. The lowest BCUT2D eigenvalue weighted by Crippen LogP contribution is -3.00. The van der Waals surface area contributed by atoms with E-state index < -0.39 is 0 Å². The predicted octanol–water partition coefficient (Wildman–Crippen LogP) is -2.39. The van der Waals surface area contributed by atoms with E-state index in [0.29, 0.717) is 11.9 Å². The van der Waals surface area contributed by atoms with Crippen LogP contribution in [0.25, 0.3) is 0 Å². The van der Waals surface area contributed by atoms with Crippen LogP contribution in [-0.4, -0.2) is 22.7 Å². The van der Waals surface area contributed by atoms with Crippen molar-refractivity contribution in [2.24, 2.45) is 16.5 Å². The Kier molecular flexibility index (Phi) is 4.55. The Bertz CT molecular complexity index is 478. The molecular formula is C12H18ClN5. The van der Waals surface area contributed by atoms with E-state index in [1.165, 1.54) is 5.56 Å². The summed E-state index contributed by atoms with van der Waals surface area (Å²) >= 11 is 0. The van der Waals surface area contributed by atoms with E-state index in [1.807, 2.05) is 16.7 Å². The van der Waals surface area contributed by atoms with E-state index in [0.717, 1.165) is 12.1 Å². The summed E-state index contributed by atoms with van der Waals surface area (Å²) in [5.41, 5.74) is 13.9. The van der Waals surface area contributed by atoms with Gasteiger partial charge in [0.25, 0.3) is 5.96 Å². The van der Waals surface area contributed by atoms with E-state index in [9.17, 15) is 0 Å². The Hall–Kier alpha value is -1.75. The van der Waals surface area contributed by atoms with Gasteiger partial charge in [-0.25, -0.2) is 9.89 Å². The Morgan fingerprint density at radius 2 is 1.89 bits per heavy atom. The van der Waals surface area contributed by atoms with Gasteiger partial charge in [-0.2, -0.15) is 4.99 Å². The standard InChI is InChI=1S/C12H17N5.ClH/c1-3-10-15-11(13)16-12(14)17(10)9-6-4-8(2)5-7-9;/h4-7,10H,3H2,1-2H3,(H4,13,14,15,16);1H. The van der Waals surface area contributed by atoms with Gasteiger partial charge in [0.1, 0.15) is 5.69 Å². The first-order valence-electron chi connectivity index (χ1n) is 5.70. The van der Waals surface area contributed by atoms with Crippen molar-refractivity contribution < 1.29 is 17.0 Å². The molecule has 1 atom stereocenters. The number of guanidine groups is 2. The number of aryl methyl sites for hydroxylation is 1. The quantitative estimate of drug-likeness (QED) is 0.523. The van der Waals surface area contributed by atoms with E-state index in [1.54, 1.807) is 0 Å². The second-order valence-electron chi connectivity index (χ2n) is 4.12. The van der Waals surface area contributed by atoms with E-state index in [-0.39, 0.29) is 18.6 Å². The topological polar surface area (TPSA) is 79.4 Å². The fraction of sp³-hybridized carbons (Fsp3) is 0.333. The number of nitrogens with zero attached hydrogens (tertiary/aromatic N) is 2. The highest BCUT2D eigenvalue weighted by Gasteiger charge is 2.25. The van der Waals surface area contributed by atoms with Crippen molar-refractivity contribution in [3.05, 3.63) is 29.8 Å². The summed E-state index contributed by atoms with van der Waals surface area (Å²) in [6, 6.07) is 8.17. The largest absolute Gasteiger partial charge is 1.00 e.